The lowest BCUT2D eigenvalue weighted by Crippen LogP contribution is -2.43. The van der Waals surface area contributed by atoms with Gasteiger partial charge in [0.05, 0.1) is 0 Å². The number of nitrogens with one attached hydrogen (secondary N) is 1. The van der Waals surface area contributed by atoms with E-state index in [1.165, 1.54) is 42.6 Å². The molecule has 2 aliphatic rings. The Kier molecular flexibility index (Phi) is 4.65. The van der Waals surface area contributed by atoms with Gasteiger partial charge in [-0.15, -0.1) is 0 Å². The van der Waals surface area contributed by atoms with Crippen molar-refractivity contribution in [3.8, 4) is 0 Å². The van der Waals surface area contributed by atoms with Crippen molar-refractivity contribution < 1.29 is 0 Å². The summed E-state index contributed by atoms with van der Waals surface area (Å²) >= 11 is 0. The maximum absolute atomic E-state index is 6.30. The summed E-state index contributed by atoms with van der Waals surface area (Å²) < 4.78 is 0. The first kappa shape index (κ1) is 15.8. The van der Waals surface area contributed by atoms with E-state index in [0.29, 0.717) is 12.1 Å². The van der Waals surface area contributed by atoms with Crippen LogP contribution in [0.1, 0.15) is 48.0 Å². The van der Waals surface area contributed by atoms with E-state index in [2.05, 4.69) is 64.8 Å². The molecule has 1 aliphatic heterocycles. The second-order valence-corrected chi connectivity index (χ2v) is 7.23. The Balaban J connectivity index is 1.31. The van der Waals surface area contributed by atoms with Gasteiger partial charge in [0, 0.05) is 24.7 Å². The minimum absolute atomic E-state index is 0.192. The zero-order valence-corrected chi connectivity index (χ0v) is 14.2. The van der Waals surface area contributed by atoms with Gasteiger partial charge in [-0.05, 0) is 49.0 Å². The molecule has 0 saturated carbocycles. The van der Waals surface area contributed by atoms with Crippen LogP contribution in [0.4, 0.5) is 0 Å². The van der Waals surface area contributed by atoms with Gasteiger partial charge in [0.25, 0.3) is 0 Å². The number of hydrogen-bond donors (Lipinski definition) is 2. The molecule has 4 rings (SSSR count). The van der Waals surface area contributed by atoms with Crippen LogP contribution in [-0.4, -0.2) is 24.0 Å². The van der Waals surface area contributed by atoms with E-state index >= 15 is 0 Å². The molecule has 0 aromatic heterocycles. The summed E-state index contributed by atoms with van der Waals surface area (Å²) in [6.45, 7) is 3.42. The predicted octanol–water partition coefficient (Wildman–Crippen LogP) is 3.39. The highest BCUT2D eigenvalue weighted by molar-refractivity contribution is 5.37. The third-order valence-corrected chi connectivity index (χ3v) is 5.53. The highest BCUT2D eigenvalue weighted by Gasteiger charge is 2.30. The van der Waals surface area contributed by atoms with Gasteiger partial charge in [0.2, 0.25) is 0 Å². The Labute approximate surface area is 144 Å². The van der Waals surface area contributed by atoms with Crippen molar-refractivity contribution in [2.45, 2.75) is 43.9 Å². The maximum Gasteiger partial charge on any atom is 0.0344 e. The molecule has 2 aromatic carbocycles. The van der Waals surface area contributed by atoms with Crippen LogP contribution in [0.25, 0.3) is 0 Å². The third-order valence-electron chi connectivity index (χ3n) is 5.53. The van der Waals surface area contributed by atoms with Crippen LogP contribution in [0.5, 0.6) is 0 Å². The fraction of sp³-hybridized carbons (Fsp3) is 0.429. The van der Waals surface area contributed by atoms with Crippen LogP contribution in [0.2, 0.25) is 0 Å². The summed E-state index contributed by atoms with van der Waals surface area (Å²) in [5.74, 6) is 0. The minimum Gasteiger partial charge on any atom is -0.324 e. The van der Waals surface area contributed by atoms with E-state index < -0.39 is 0 Å². The molecule has 2 aromatic rings. The van der Waals surface area contributed by atoms with Gasteiger partial charge in [-0.1, -0.05) is 54.6 Å². The van der Waals surface area contributed by atoms with Crippen LogP contribution >= 0.6 is 0 Å². The molecule has 0 amide bonds. The van der Waals surface area contributed by atoms with Crippen LogP contribution < -0.4 is 11.1 Å². The van der Waals surface area contributed by atoms with E-state index in [0.717, 1.165) is 13.0 Å². The number of hydrogen-bond acceptors (Lipinski definition) is 3. The smallest absolute Gasteiger partial charge is 0.0344 e. The van der Waals surface area contributed by atoms with E-state index in [9.17, 15) is 0 Å². The van der Waals surface area contributed by atoms with Crippen molar-refractivity contribution >= 4 is 0 Å². The van der Waals surface area contributed by atoms with E-state index in [-0.39, 0.29) is 6.04 Å². The van der Waals surface area contributed by atoms with Gasteiger partial charge in [-0.2, -0.15) is 0 Å². The molecular formula is C21H27N3. The van der Waals surface area contributed by atoms with Crippen molar-refractivity contribution in [2.24, 2.45) is 5.73 Å². The van der Waals surface area contributed by atoms with Crippen molar-refractivity contribution in [2.75, 3.05) is 13.1 Å². The number of nitrogens with zero attached hydrogens (tertiary/aromatic N) is 1. The number of nitrogens with two attached hydrogens (primary N) is 1. The van der Waals surface area contributed by atoms with E-state index in [4.69, 9.17) is 5.73 Å². The second-order valence-electron chi connectivity index (χ2n) is 7.23. The Hall–Kier alpha value is -1.68. The predicted molar refractivity (Wildman–Crippen MR) is 98.6 cm³/mol. The van der Waals surface area contributed by atoms with Crippen molar-refractivity contribution in [3.63, 3.8) is 0 Å². The Bertz CT molecular complexity index is 662. The molecule has 3 N–H and O–H groups in total. The van der Waals surface area contributed by atoms with E-state index in [1.54, 1.807) is 0 Å². The quantitative estimate of drug-likeness (QED) is 0.907. The Morgan fingerprint density at radius 1 is 0.917 bits per heavy atom. The first-order valence-electron chi connectivity index (χ1n) is 9.16. The summed E-state index contributed by atoms with van der Waals surface area (Å²) in [6, 6.07) is 20.7. The zero-order valence-electron chi connectivity index (χ0n) is 14.2. The van der Waals surface area contributed by atoms with Gasteiger partial charge in [-0.3, -0.25) is 4.90 Å². The Morgan fingerprint density at radius 2 is 1.58 bits per heavy atom. The lowest BCUT2D eigenvalue weighted by atomic mass is 10.0. The highest BCUT2D eigenvalue weighted by Crippen LogP contribution is 2.37. The van der Waals surface area contributed by atoms with Crippen molar-refractivity contribution in [1.29, 1.82) is 0 Å². The average molecular weight is 321 g/mol. The molecule has 1 aliphatic carbocycles. The lowest BCUT2D eigenvalue weighted by Gasteiger charge is -2.34. The van der Waals surface area contributed by atoms with Gasteiger partial charge < -0.3 is 11.1 Å². The molecule has 3 heteroatoms. The number of fused-ring (bicyclic) bond motifs is 1. The fourth-order valence-electron chi connectivity index (χ4n) is 4.22. The molecule has 126 valence electrons. The zero-order chi connectivity index (χ0) is 16.4. The molecule has 1 heterocycles. The maximum atomic E-state index is 6.30. The number of rotatable bonds is 4. The first-order chi connectivity index (χ1) is 11.8. The first-order valence-corrected chi connectivity index (χ1v) is 9.16. The van der Waals surface area contributed by atoms with Gasteiger partial charge in [0.1, 0.15) is 0 Å². The molecule has 3 nitrogen and oxygen atoms in total. The largest absolute Gasteiger partial charge is 0.324 e. The third kappa shape index (κ3) is 3.39. The topological polar surface area (TPSA) is 41.3 Å². The molecule has 1 saturated heterocycles. The van der Waals surface area contributed by atoms with Gasteiger partial charge in [0.15, 0.2) is 0 Å². The van der Waals surface area contributed by atoms with Gasteiger partial charge >= 0.3 is 0 Å². The number of likely N-dealkylation sites (tertiary alicyclic amines) is 1. The number of piperidine rings is 1. The highest BCUT2D eigenvalue weighted by atomic mass is 15.1. The van der Waals surface area contributed by atoms with Crippen LogP contribution in [0.3, 0.4) is 0 Å². The van der Waals surface area contributed by atoms with Crippen LogP contribution in [-0.2, 0) is 6.54 Å². The molecule has 1 fully saturated rings. The summed E-state index contributed by atoms with van der Waals surface area (Å²) in [5, 5.41) is 3.88. The van der Waals surface area contributed by atoms with Crippen LogP contribution in [0, 0.1) is 0 Å². The molecule has 0 radical (unpaired) electrons. The summed E-state index contributed by atoms with van der Waals surface area (Å²) in [5.41, 5.74) is 10.5. The normalized spacial score (nSPS) is 24.9. The van der Waals surface area contributed by atoms with Crippen molar-refractivity contribution in [1.82, 2.24) is 10.2 Å². The molecule has 2 atom stereocenters. The van der Waals surface area contributed by atoms with Gasteiger partial charge in [-0.25, -0.2) is 0 Å². The van der Waals surface area contributed by atoms with Crippen molar-refractivity contribution in [3.05, 3.63) is 71.3 Å². The van der Waals surface area contributed by atoms with E-state index in [1.807, 2.05) is 0 Å². The average Bonchev–Trinajstić information content (AvgIpc) is 2.94. The summed E-state index contributed by atoms with van der Waals surface area (Å²) in [4.78, 5) is 2.57. The molecule has 0 spiro atoms. The molecule has 2 unspecified atom stereocenters. The molecule has 24 heavy (non-hydrogen) atoms. The monoisotopic (exact) mass is 321 g/mol. The minimum atomic E-state index is 0.192. The van der Waals surface area contributed by atoms with Crippen LogP contribution in [0.15, 0.2) is 54.6 Å². The summed E-state index contributed by atoms with van der Waals surface area (Å²) in [6.07, 6.45) is 3.48. The number of benzene rings is 2. The molecule has 0 bridgehead atoms. The standard InChI is InChI=1S/C21H27N3/c22-20-14-21(19-9-5-4-8-18(19)20)23-17-10-12-24(13-11-17)15-16-6-2-1-3-7-16/h1-9,17,20-21,23H,10-15,22H2. The summed E-state index contributed by atoms with van der Waals surface area (Å²) in [7, 11) is 0. The second kappa shape index (κ2) is 7.06. The molecular weight excluding hydrogens is 294 g/mol. The SMILES string of the molecule is NC1CC(NC2CCN(Cc3ccccc3)CC2)c2ccccc21. The Morgan fingerprint density at radius 3 is 2.33 bits per heavy atom. The lowest BCUT2D eigenvalue weighted by molar-refractivity contribution is 0.183. The fourth-order valence-corrected chi connectivity index (χ4v) is 4.22.